The quantitative estimate of drug-likeness (QED) is 0.573. The lowest BCUT2D eigenvalue weighted by atomic mass is 10.3. The number of para-hydroxylation sites is 1. The molecule has 2 heterocycles. The number of hydrogen-bond acceptors (Lipinski definition) is 7. The molecular formula is C19H21N5O3S2. The average Bonchev–Trinajstić information content (AvgIpc) is 3.10. The summed E-state index contributed by atoms with van der Waals surface area (Å²) in [6.07, 6.45) is 2.44. The Morgan fingerprint density at radius 2 is 1.90 bits per heavy atom. The normalized spacial score (nSPS) is 12.5. The Balaban J connectivity index is 1.78. The number of benzene rings is 1. The van der Waals surface area contributed by atoms with Crippen molar-refractivity contribution < 1.29 is 13.2 Å². The van der Waals surface area contributed by atoms with Crippen LogP contribution in [0.2, 0.25) is 0 Å². The van der Waals surface area contributed by atoms with Gasteiger partial charge in [-0.2, -0.15) is 0 Å². The Morgan fingerprint density at radius 1 is 1.17 bits per heavy atom. The number of amides is 1. The maximum atomic E-state index is 12.5. The standard InChI is InChI=1S/C19H21N5O3S2/c1-4-24-17(16-11-10-15(12-20-16)29(3,26)27)22-23-19(24)28-13(2)18(25)21-14-8-6-5-7-9-14/h5-13H,4H2,1-3H3,(H,21,25). The summed E-state index contributed by atoms with van der Waals surface area (Å²) in [4.78, 5) is 16.8. The van der Waals surface area contributed by atoms with E-state index in [4.69, 9.17) is 0 Å². The van der Waals surface area contributed by atoms with Gasteiger partial charge in [0.2, 0.25) is 5.91 Å². The third-order valence-corrected chi connectivity index (χ3v) is 6.30. The average molecular weight is 432 g/mol. The van der Waals surface area contributed by atoms with Gasteiger partial charge in [0.15, 0.2) is 20.8 Å². The molecule has 0 aliphatic carbocycles. The molecule has 29 heavy (non-hydrogen) atoms. The minimum Gasteiger partial charge on any atom is -0.325 e. The highest BCUT2D eigenvalue weighted by atomic mass is 32.2. The van der Waals surface area contributed by atoms with Gasteiger partial charge in [-0.3, -0.25) is 9.78 Å². The number of carbonyl (C=O) groups is 1. The molecule has 1 amide bonds. The molecule has 0 radical (unpaired) electrons. The summed E-state index contributed by atoms with van der Waals surface area (Å²) in [5, 5.41) is 11.5. The van der Waals surface area contributed by atoms with E-state index in [0.717, 1.165) is 11.9 Å². The fourth-order valence-corrected chi connectivity index (χ4v) is 4.03. The molecule has 3 aromatic rings. The lowest BCUT2D eigenvalue weighted by molar-refractivity contribution is -0.115. The molecule has 152 valence electrons. The van der Waals surface area contributed by atoms with Gasteiger partial charge in [0, 0.05) is 24.7 Å². The van der Waals surface area contributed by atoms with E-state index in [1.807, 2.05) is 41.8 Å². The summed E-state index contributed by atoms with van der Waals surface area (Å²) in [6, 6.07) is 12.4. The fourth-order valence-electron chi connectivity index (χ4n) is 2.56. The van der Waals surface area contributed by atoms with Gasteiger partial charge < -0.3 is 9.88 Å². The van der Waals surface area contributed by atoms with Crippen LogP contribution in [0.4, 0.5) is 5.69 Å². The molecule has 0 saturated carbocycles. The smallest absolute Gasteiger partial charge is 0.237 e. The fraction of sp³-hybridized carbons (Fsp3) is 0.263. The number of rotatable bonds is 7. The van der Waals surface area contributed by atoms with Crippen LogP contribution in [0.3, 0.4) is 0 Å². The van der Waals surface area contributed by atoms with E-state index in [1.54, 1.807) is 13.0 Å². The number of nitrogens with one attached hydrogen (secondary N) is 1. The lowest BCUT2D eigenvalue weighted by Gasteiger charge is -2.12. The highest BCUT2D eigenvalue weighted by molar-refractivity contribution is 8.00. The molecule has 8 nitrogen and oxygen atoms in total. The van der Waals surface area contributed by atoms with Crippen LogP contribution in [0.1, 0.15) is 13.8 Å². The molecule has 1 N–H and O–H groups in total. The summed E-state index contributed by atoms with van der Waals surface area (Å²) >= 11 is 1.30. The molecule has 1 aromatic carbocycles. The minimum absolute atomic E-state index is 0.135. The number of thioether (sulfide) groups is 1. The molecule has 0 aliphatic rings. The molecule has 1 atom stereocenters. The Bertz CT molecular complexity index is 1100. The Kier molecular flexibility index (Phi) is 6.33. The van der Waals surface area contributed by atoms with Crippen molar-refractivity contribution >= 4 is 33.2 Å². The first-order chi connectivity index (χ1) is 13.8. The molecule has 1 unspecified atom stereocenters. The van der Waals surface area contributed by atoms with E-state index in [-0.39, 0.29) is 10.8 Å². The van der Waals surface area contributed by atoms with Crippen molar-refractivity contribution in [3.63, 3.8) is 0 Å². The zero-order valence-electron chi connectivity index (χ0n) is 16.2. The molecule has 0 spiro atoms. The largest absolute Gasteiger partial charge is 0.325 e. The number of anilines is 1. The van der Waals surface area contributed by atoms with E-state index >= 15 is 0 Å². The monoisotopic (exact) mass is 431 g/mol. The van der Waals surface area contributed by atoms with Crippen LogP contribution in [0.5, 0.6) is 0 Å². The van der Waals surface area contributed by atoms with Crippen LogP contribution in [0.15, 0.2) is 58.7 Å². The van der Waals surface area contributed by atoms with Crippen LogP contribution in [0.25, 0.3) is 11.5 Å². The van der Waals surface area contributed by atoms with Crippen molar-refractivity contribution in [2.24, 2.45) is 0 Å². The molecular weight excluding hydrogens is 410 g/mol. The van der Waals surface area contributed by atoms with E-state index in [1.165, 1.54) is 24.0 Å². The predicted octanol–water partition coefficient (Wildman–Crippen LogP) is 2.88. The third-order valence-electron chi connectivity index (χ3n) is 4.12. The van der Waals surface area contributed by atoms with Gasteiger partial charge in [-0.1, -0.05) is 30.0 Å². The van der Waals surface area contributed by atoms with Gasteiger partial charge in [-0.25, -0.2) is 8.42 Å². The van der Waals surface area contributed by atoms with Crippen LogP contribution in [-0.4, -0.2) is 45.6 Å². The highest BCUT2D eigenvalue weighted by Gasteiger charge is 2.21. The van der Waals surface area contributed by atoms with Gasteiger partial charge in [0.05, 0.1) is 10.1 Å². The Labute approximate surface area is 173 Å². The zero-order chi connectivity index (χ0) is 21.0. The maximum Gasteiger partial charge on any atom is 0.237 e. The van der Waals surface area contributed by atoms with Gasteiger partial charge in [-0.05, 0) is 38.1 Å². The number of nitrogens with zero attached hydrogens (tertiary/aromatic N) is 4. The van der Waals surface area contributed by atoms with Gasteiger partial charge in [-0.15, -0.1) is 10.2 Å². The first-order valence-electron chi connectivity index (χ1n) is 8.92. The number of pyridine rings is 1. The topological polar surface area (TPSA) is 107 Å². The molecule has 0 aliphatic heterocycles. The van der Waals surface area contributed by atoms with Crippen LogP contribution in [-0.2, 0) is 21.2 Å². The van der Waals surface area contributed by atoms with Gasteiger partial charge in [0.25, 0.3) is 0 Å². The van der Waals surface area contributed by atoms with Crippen LogP contribution < -0.4 is 5.32 Å². The maximum absolute atomic E-state index is 12.5. The zero-order valence-corrected chi connectivity index (χ0v) is 17.9. The molecule has 0 bridgehead atoms. The lowest BCUT2D eigenvalue weighted by Crippen LogP contribution is -2.22. The number of carbonyl (C=O) groups excluding carboxylic acids is 1. The van der Waals surface area contributed by atoms with E-state index < -0.39 is 15.1 Å². The second kappa shape index (κ2) is 8.75. The Hall–Kier alpha value is -2.72. The second-order valence-corrected chi connectivity index (χ2v) is 9.64. The number of aromatic nitrogens is 4. The molecule has 0 fully saturated rings. The van der Waals surface area contributed by atoms with Gasteiger partial charge in [0.1, 0.15) is 5.69 Å². The summed E-state index contributed by atoms with van der Waals surface area (Å²) in [6.45, 7) is 4.32. The first kappa shape index (κ1) is 21.0. The Morgan fingerprint density at radius 3 is 2.48 bits per heavy atom. The second-order valence-electron chi connectivity index (χ2n) is 6.32. The molecule has 10 heteroatoms. The SMILES string of the molecule is CCn1c(SC(C)C(=O)Nc2ccccc2)nnc1-c1ccc(S(C)(=O)=O)cn1. The van der Waals surface area contributed by atoms with Crippen molar-refractivity contribution in [1.82, 2.24) is 19.7 Å². The van der Waals surface area contributed by atoms with Crippen molar-refractivity contribution in [2.75, 3.05) is 11.6 Å². The summed E-state index contributed by atoms with van der Waals surface area (Å²) in [7, 11) is -3.32. The van der Waals surface area contributed by atoms with Gasteiger partial charge >= 0.3 is 0 Å². The third kappa shape index (κ3) is 5.01. The van der Waals surface area contributed by atoms with E-state index in [9.17, 15) is 13.2 Å². The molecule has 3 rings (SSSR count). The molecule has 2 aromatic heterocycles. The number of sulfone groups is 1. The van der Waals surface area contributed by atoms with Crippen molar-refractivity contribution in [3.8, 4) is 11.5 Å². The predicted molar refractivity (Wildman–Crippen MR) is 112 cm³/mol. The molecule has 0 saturated heterocycles. The summed E-state index contributed by atoms with van der Waals surface area (Å²) < 4.78 is 25.1. The van der Waals surface area contributed by atoms with Crippen LogP contribution in [0, 0.1) is 0 Å². The van der Waals surface area contributed by atoms with Crippen molar-refractivity contribution in [2.45, 2.75) is 35.7 Å². The van der Waals surface area contributed by atoms with E-state index in [2.05, 4.69) is 20.5 Å². The summed E-state index contributed by atoms with van der Waals surface area (Å²) in [5.41, 5.74) is 1.25. The van der Waals surface area contributed by atoms with Crippen LogP contribution >= 0.6 is 11.8 Å². The first-order valence-corrected chi connectivity index (χ1v) is 11.7. The minimum atomic E-state index is -3.32. The highest BCUT2D eigenvalue weighted by Crippen LogP contribution is 2.27. The van der Waals surface area contributed by atoms with E-state index in [0.29, 0.717) is 23.2 Å². The van der Waals surface area contributed by atoms with Crippen molar-refractivity contribution in [3.05, 3.63) is 48.7 Å². The number of hydrogen-bond donors (Lipinski definition) is 1. The summed E-state index contributed by atoms with van der Waals surface area (Å²) in [5.74, 6) is 0.384. The van der Waals surface area contributed by atoms with Crippen molar-refractivity contribution in [1.29, 1.82) is 0 Å².